The number of carbonyl (C=O) groups excluding carboxylic acids is 9. The average molecular weight is 1130 g/mol. The molecule has 1 saturated heterocycles. The number of benzene rings is 4. The van der Waals surface area contributed by atoms with Gasteiger partial charge in [0.2, 0.25) is 12.0 Å². The lowest BCUT2D eigenvalue weighted by atomic mass is 9.44. The van der Waals surface area contributed by atoms with E-state index in [2.05, 4.69) is 10.6 Å². The summed E-state index contributed by atoms with van der Waals surface area (Å²) in [6.45, 7) is 5.42. The van der Waals surface area contributed by atoms with Crippen molar-refractivity contribution in [3.63, 3.8) is 0 Å². The van der Waals surface area contributed by atoms with Crippen LogP contribution in [0.1, 0.15) is 97.1 Å². The molecule has 4 aliphatic rings. The zero-order valence-corrected chi connectivity index (χ0v) is 44.6. The number of carbonyl (C=O) groups is 9. The van der Waals surface area contributed by atoms with Crippen molar-refractivity contribution in [1.82, 2.24) is 16.0 Å². The molecule has 3 aliphatic carbocycles. The lowest BCUT2D eigenvalue weighted by Crippen LogP contribution is -2.82. The number of halogens is 3. The van der Waals surface area contributed by atoms with Crippen molar-refractivity contribution in [2.24, 2.45) is 16.7 Å². The van der Waals surface area contributed by atoms with Crippen molar-refractivity contribution in [3.05, 3.63) is 154 Å². The Hall–Kier alpha value is -8.28. The molecular formula is C58H58F3N3O17. The van der Waals surface area contributed by atoms with Gasteiger partial charge in [0.05, 0.1) is 41.7 Å². The molecule has 0 radical (unpaired) electrons. The summed E-state index contributed by atoms with van der Waals surface area (Å²) >= 11 is 0. The number of rotatable bonds is 16. The SMILES string of the molecule is CC(=O)O[C@H]1C(=O)[C@@]2(C)C(C(OC(=O)c3ccccc3)[C@]3(O)C[C@H](OC(=O)[C@H](OC(=O)CNC(=O)CNC(=O)c4ccc(F)c(F)c4F)[C@@H](NC(=O)c4ccccc4)c4ccccc4)C(C)=C1C3(C)C)[C@]1(OC(C)=O)CO[C@@H]1C[C@@H]2O. The van der Waals surface area contributed by atoms with Gasteiger partial charge in [0.1, 0.15) is 36.5 Å². The molecule has 4 aromatic carbocycles. The molecule has 3 fully saturated rings. The van der Waals surface area contributed by atoms with Crippen LogP contribution in [0, 0.1) is 34.2 Å². The summed E-state index contributed by atoms with van der Waals surface area (Å²) in [7, 11) is 0. The Bertz CT molecular complexity index is 3200. The fraction of sp³-hybridized carbons (Fsp3) is 0.397. The van der Waals surface area contributed by atoms with Crippen molar-refractivity contribution >= 4 is 53.4 Å². The summed E-state index contributed by atoms with van der Waals surface area (Å²) in [6.07, 6.45) is -11.8. The minimum atomic E-state index is -2.59. The molecule has 0 aromatic heterocycles. The summed E-state index contributed by atoms with van der Waals surface area (Å²) < 4.78 is 78.1. The van der Waals surface area contributed by atoms with E-state index in [-0.39, 0.29) is 34.3 Å². The molecule has 2 saturated carbocycles. The number of nitrogens with one attached hydrogen (secondary N) is 3. The topological polar surface area (TPSA) is 286 Å². The van der Waals surface area contributed by atoms with E-state index in [1.54, 1.807) is 54.6 Å². The van der Waals surface area contributed by atoms with Crippen LogP contribution in [0.5, 0.6) is 0 Å². The molecule has 81 heavy (non-hydrogen) atoms. The van der Waals surface area contributed by atoms with Gasteiger partial charge in [0, 0.05) is 37.7 Å². The monoisotopic (exact) mass is 1130 g/mol. The van der Waals surface area contributed by atoms with Gasteiger partial charge in [-0.2, -0.15) is 0 Å². The van der Waals surface area contributed by atoms with Crippen LogP contribution in [0.25, 0.3) is 0 Å². The highest BCUT2D eigenvalue weighted by molar-refractivity contribution is 5.98. The Morgan fingerprint density at radius 1 is 0.753 bits per heavy atom. The van der Waals surface area contributed by atoms with E-state index in [1.165, 1.54) is 64.1 Å². The standard InChI is InChI=1S/C58H58F3N3O17/c1-29-37(25-58(75)50(80-53(73)34-20-14-9-15-21-34)48-56(6,38(67)24-39-57(48,28-76-39)81-31(3)66)49(70)46(77-30(2)65)42(29)55(58,4)5)78-54(74)47(45(32-16-10-7-11-17-32)64-51(71)33-18-12-8-13-19-33)79-41(69)27-62-40(68)26-63-52(72)35-22-23-36(59)44(61)43(35)60/h7-23,37-39,45-48,50,67,75H,24-28H2,1-6H3,(H,62,68)(H,63,72)(H,64,71)/t37-,38-,39+,45-,46+,47+,48?,50?,56+,57-,58+/m0/s1. The highest BCUT2D eigenvalue weighted by Crippen LogP contribution is 2.64. The molecule has 0 spiro atoms. The number of amides is 3. The van der Waals surface area contributed by atoms with Crippen molar-refractivity contribution in [2.45, 2.75) is 108 Å². The third-order valence-corrected chi connectivity index (χ3v) is 15.8. The van der Waals surface area contributed by atoms with Gasteiger partial charge >= 0.3 is 29.8 Å². The fourth-order valence-corrected chi connectivity index (χ4v) is 11.7. The molecule has 1 aliphatic heterocycles. The molecule has 2 bridgehead atoms. The van der Waals surface area contributed by atoms with Gasteiger partial charge in [-0.15, -0.1) is 0 Å². The molecule has 1 heterocycles. The Morgan fingerprint density at radius 2 is 1.37 bits per heavy atom. The second-order valence-corrected chi connectivity index (χ2v) is 21.0. The van der Waals surface area contributed by atoms with Crippen LogP contribution < -0.4 is 16.0 Å². The third kappa shape index (κ3) is 11.0. The zero-order chi connectivity index (χ0) is 58.9. The van der Waals surface area contributed by atoms with Gasteiger partial charge in [-0.05, 0) is 67.0 Å². The molecule has 8 rings (SSSR count). The summed E-state index contributed by atoms with van der Waals surface area (Å²) in [5.74, 6) is -16.8. The van der Waals surface area contributed by atoms with Crippen molar-refractivity contribution in [1.29, 1.82) is 0 Å². The molecule has 23 heteroatoms. The largest absolute Gasteiger partial charge is 0.455 e. The summed E-state index contributed by atoms with van der Waals surface area (Å²) in [5.41, 5.74) is -9.37. The summed E-state index contributed by atoms with van der Waals surface area (Å²) in [6, 6.07) is 22.4. The van der Waals surface area contributed by atoms with Gasteiger partial charge in [0.25, 0.3) is 11.8 Å². The fourth-order valence-electron chi connectivity index (χ4n) is 11.7. The predicted molar refractivity (Wildman–Crippen MR) is 273 cm³/mol. The van der Waals surface area contributed by atoms with Crippen molar-refractivity contribution < 1.29 is 95.0 Å². The Kier molecular flexibility index (Phi) is 16.8. The van der Waals surface area contributed by atoms with Crippen LogP contribution in [-0.4, -0.2) is 131 Å². The quantitative estimate of drug-likeness (QED) is 0.0454. The molecule has 3 amide bonds. The van der Waals surface area contributed by atoms with E-state index in [1.807, 2.05) is 5.32 Å². The Morgan fingerprint density at radius 3 is 1.96 bits per heavy atom. The van der Waals surface area contributed by atoms with Crippen LogP contribution >= 0.6 is 0 Å². The zero-order valence-electron chi connectivity index (χ0n) is 44.6. The molecule has 428 valence electrons. The maximum Gasteiger partial charge on any atom is 0.350 e. The number of Topliss-reactive ketones (excluding diaryl/α,β-unsaturated/α-hetero) is 1. The molecule has 5 N–H and O–H groups in total. The first-order valence-electron chi connectivity index (χ1n) is 25.7. The first-order valence-corrected chi connectivity index (χ1v) is 25.7. The molecular weight excluding hydrogens is 1070 g/mol. The number of hydrogen-bond acceptors (Lipinski definition) is 17. The number of aliphatic hydroxyl groups is 2. The van der Waals surface area contributed by atoms with E-state index in [0.29, 0.717) is 12.1 Å². The maximum atomic E-state index is 15.8. The van der Waals surface area contributed by atoms with Crippen LogP contribution in [0.15, 0.2) is 114 Å². The highest BCUT2D eigenvalue weighted by atomic mass is 19.2. The highest BCUT2D eigenvalue weighted by Gasteiger charge is 2.78. The van der Waals surface area contributed by atoms with E-state index < -0.39 is 173 Å². The third-order valence-electron chi connectivity index (χ3n) is 15.8. The summed E-state index contributed by atoms with van der Waals surface area (Å²) in [4.78, 5) is 126. The first-order chi connectivity index (χ1) is 38.3. The smallest absolute Gasteiger partial charge is 0.350 e. The van der Waals surface area contributed by atoms with E-state index in [9.17, 15) is 56.9 Å². The van der Waals surface area contributed by atoms with Crippen LogP contribution in [0.2, 0.25) is 0 Å². The number of esters is 5. The lowest BCUT2D eigenvalue weighted by molar-refractivity contribution is -0.346. The molecule has 4 aromatic rings. The molecule has 11 atom stereocenters. The van der Waals surface area contributed by atoms with Gasteiger partial charge in [0.15, 0.2) is 34.9 Å². The predicted octanol–water partition coefficient (Wildman–Crippen LogP) is 4.25. The lowest BCUT2D eigenvalue weighted by Gasteiger charge is -2.67. The van der Waals surface area contributed by atoms with Crippen molar-refractivity contribution in [2.75, 3.05) is 19.7 Å². The van der Waals surface area contributed by atoms with E-state index in [4.69, 9.17) is 28.4 Å². The van der Waals surface area contributed by atoms with Gasteiger partial charge in [-0.25, -0.2) is 22.8 Å². The van der Waals surface area contributed by atoms with E-state index >= 15 is 9.59 Å². The second-order valence-electron chi connectivity index (χ2n) is 21.0. The molecule has 20 nitrogen and oxygen atoms in total. The average Bonchev–Trinajstić information content (AvgIpc) is 1.31. The number of fused-ring (bicyclic) bond motifs is 5. The van der Waals surface area contributed by atoms with Crippen LogP contribution in [0.3, 0.4) is 0 Å². The Labute approximate surface area is 461 Å². The minimum Gasteiger partial charge on any atom is -0.455 e. The first kappa shape index (κ1) is 58.9. The van der Waals surface area contributed by atoms with E-state index in [0.717, 1.165) is 13.8 Å². The summed E-state index contributed by atoms with van der Waals surface area (Å²) in [5, 5.41) is 33.1. The van der Waals surface area contributed by atoms with Gasteiger partial charge < -0.3 is 54.6 Å². The van der Waals surface area contributed by atoms with Crippen LogP contribution in [0.4, 0.5) is 13.2 Å². The Balaban J connectivity index is 1.21. The van der Waals surface area contributed by atoms with Gasteiger partial charge in [-0.3, -0.25) is 33.6 Å². The second kappa shape index (κ2) is 23.1. The van der Waals surface area contributed by atoms with Gasteiger partial charge in [-0.1, -0.05) is 80.6 Å². The van der Waals surface area contributed by atoms with Crippen molar-refractivity contribution in [3.8, 4) is 0 Å². The number of hydrogen-bond donors (Lipinski definition) is 5. The minimum absolute atomic E-state index is 0.00453. The number of ether oxygens (including phenoxy) is 6. The molecule has 2 unspecified atom stereocenters. The maximum absolute atomic E-state index is 15.8. The van der Waals surface area contributed by atoms with Crippen LogP contribution in [-0.2, 0) is 57.2 Å². The number of ketones is 1. The number of aliphatic hydroxyl groups excluding tert-OH is 1. The normalized spacial score (nSPS) is 26.9.